The third-order valence-electron chi connectivity index (χ3n) is 7.22. The summed E-state index contributed by atoms with van der Waals surface area (Å²) in [6, 6.07) is 16.5. The number of methoxy groups -OCH3 is 1. The van der Waals surface area contributed by atoms with Gasteiger partial charge in [0, 0.05) is 23.1 Å². The van der Waals surface area contributed by atoms with E-state index in [0.29, 0.717) is 49.6 Å². The summed E-state index contributed by atoms with van der Waals surface area (Å²) in [5, 5.41) is 5.16. The summed E-state index contributed by atoms with van der Waals surface area (Å²) in [5.41, 5.74) is 2.38. The normalized spacial score (nSPS) is 19.1. The summed E-state index contributed by atoms with van der Waals surface area (Å²) in [7, 11) is 1.37. The van der Waals surface area contributed by atoms with Gasteiger partial charge in [0.1, 0.15) is 17.2 Å². The molecule has 0 N–H and O–H groups in total. The molecule has 9 heteroatoms. The Labute approximate surface area is 242 Å². The predicted molar refractivity (Wildman–Crippen MR) is 152 cm³/mol. The lowest BCUT2D eigenvalue weighted by Crippen LogP contribution is -2.15. The molecule has 0 amide bonds. The number of benzene rings is 2. The van der Waals surface area contributed by atoms with Gasteiger partial charge in [0.15, 0.2) is 0 Å². The summed E-state index contributed by atoms with van der Waals surface area (Å²) in [5.74, 6) is 0.838. The highest BCUT2D eigenvalue weighted by molar-refractivity contribution is 6.39. The third kappa shape index (κ3) is 5.02. The van der Waals surface area contributed by atoms with E-state index >= 15 is 0 Å². The van der Waals surface area contributed by atoms with Crippen LogP contribution in [0, 0.1) is 0 Å². The molecule has 2 aromatic heterocycles. The van der Waals surface area contributed by atoms with Crippen molar-refractivity contribution >= 4 is 40.8 Å². The number of pyridine rings is 1. The fourth-order valence-electron chi connectivity index (χ4n) is 5.11. The highest BCUT2D eigenvalue weighted by Gasteiger charge is 2.55. The molecule has 5 rings (SSSR count). The lowest BCUT2D eigenvalue weighted by atomic mass is 9.93. The standard InChI is InChI=1S/C30H27Cl3N2O4/c1-16(2)26-24(25(35-39-26)23-20(31)11-7-12-21(23)32)28(33)38-22-13-6-5-9-17(22)19-15-30(19,3)27-18(29(36)37-4)10-8-14-34-27/h5-14,16,19,28H,15H2,1-4H3. The van der Waals surface area contributed by atoms with Crippen LogP contribution in [-0.4, -0.2) is 23.2 Å². The van der Waals surface area contributed by atoms with Gasteiger partial charge >= 0.3 is 5.97 Å². The first-order valence-electron chi connectivity index (χ1n) is 12.5. The average molecular weight is 586 g/mol. The van der Waals surface area contributed by atoms with Crippen molar-refractivity contribution in [3.05, 3.63) is 99.0 Å². The van der Waals surface area contributed by atoms with Crippen molar-refractivity contribution < 1.29 is 18.8 Å². The highest BCUT2D eigenvalue weighted by atomic mass is 35.5. The van der Waals surface area contributed by atoms with E-state index < -0.39 is 11.5 Å². The fraction of sp³-hybridized carbons (Fsp3) is 0.300. The summed E-state index contributed by atoms with van der Waals surface area (Å²) in [6.07, 6.45) is 2.48. The SMILES string of the molecule is COC(=O)c1cccnc1C1(C)CC1c1ccccc1OC(Cl)c1c(-c2c(Cl)cccc2Cl)noc1C(C)C. The van der Waals surface area contributed by atoms with Crippen LogP contribution < -0.4 is 4.74 Å². The summed E-state index contributed by atoms with van der Waals surface area (Å²) in [6.45, 7) is 6.07. The molecule has 3 unspecified atom stereocenters. The van der Waals surface area contributed by atoms with Crippen molar-refractivity contribution in [3.8, 4) is 17.0 Å². The van der Waals surface area contributed by atoms with Crippen LogP contribution >= 0.6 is 34.8 Å². The van der Waals surface area contributed by atoms with E-state index in [4.69, 9.17) is 48.8 Å². The van der Waals surface area contributed by atoms with E-state index in [1.807, 2.05) is 38.1 Å². The number of hydrogen-bond acceptors (Lipinski definition) is 6. The average Bonchev–Trinajstić information content (AvgIpc) is 3.41. The minimum atomic E-state index is -0.942. The molecule has 1 fully saturated rings. The van der Waals surface area contributed by atoms with Crippen molar-refractivity contribution in [1.29, 1.82) is 0 Å². The Morgan fingerprint density at radius 3 is 2.49 bits per heavy atom. The number of halogens is 3. The number of para-hydroxylation sites is 1. The third-order valence-corrected chi connectivity index (χ3v) is 8.16. The zero-order chi connectivity index (χ0) is 27.9. The number of ether oxygens (including phenoxy) is 2. The second-order valence-electron chi connectivity index (χ2n) is 10.1. The molecule has 1 aliphatic carbocycles. The van der Waals surface area contributed by atoms with Gasteiger partial charge in [0.25, 0.3) is 0 Å². The Bertz CT molecular complexity index is 1520. The van der Waals surface area contributed by atoms with Gasteiger partial charge in [-0.3, -0.25) is 4.98 Å². The smallest absolute Gasteiger partial charge is 0.339 e. The quantitative estimate of drug-likeness (QED) is 0.152. The minimum Gasteiger partial charge on any atom is -0.470 e. The molecule has 39 heavy (non-hydrogen) atoms. The molecule has 2 heterocycles. The van der Waals surface area contributed by atoms with Crippen molar-refractivity contribution in [2.75, 3.05) is 7.11 Å². The predicted octanol–water partition coefficient (Wildman–Crippen LogP) is 8.72. The molecule has 1 saturated carbocycles. The first-order valence-corrected chi connectivity index (χ1v) is 13.7. The zero-order valence-electron chi connectivity index (χ0n) is 21.9. The minimum absolute atomic E-state index is 0.0183. The fourth-order valence-corrected chi connectivity index (χ4v) is 5.99. The lowest BCUT2D eigenvalue weighted by molar-refractivity contribution is 0.0598. The van der Waals surface area contributed by atoms with E-state index in [-0.39, 0.29) is 17.3 Å². The van der Waals surface area contributed by atoms with Crippen LogP contribution in [0.5, 0.6) is 5.75 Å². The maximum absolute atomic E-state index is 12.4. The van der Waals surface area contributed by atoms with Gasteiger partial charge in [-0.2, -0.15) is 0 Å². The molecule has 0 spiro atoms. The summed E-state index contributed by atoms with van der Waals surface area (Å²) in [4.78, 5) is 17.0. The zero-order valence-corrected chi connectivity index (χ0v) is 24.1. The Hall–Kier alpha value is -3.06. The lowest BCUT2D eigenvalue weighted by Gasteiger charge is -2.19. The summed E-state index contributed by atoms with van der Waals surface area (Å²) < 4.78 is 17.1. The Morgan fingerprint density at radius 2 is 1.79 bits per heavy atom. The number of carbonyl (C=O) groups excluding carboxylic acids is 1. The van der Waals surface area contributed by atoms with E-state index in [0.717, 1.165) is 12.0 Å². The number of esters is 1. The van der Waals surface area contributed by atoms with Gasteiger partial charge in [-0.15, -0.1) is 0 Å². The molecule has 4 aromatic rings. The van der Waals surface area contributed by atoms with Crippen molar-refractivity contribution in [3.63, 3.8) is 0 Å². The number of hydrogen-bond donors (Lipinski definition) is 0. The molecule has 6 nitrogen and oxygen atoms in total. The Kier molecular flexibility index (Phi) is 7.64. The van der Waals surface area contributed by atoms with Crippen LogP contribution in [-0.2, 0) is 10.2 Å². The molecule has 3 atom stereocenters. The van der Waals surface area contributed by atoms with Crippen molar-refractivity contribution in [2.45, 2.75) is 50.0 Å². The molecule has 0 radical (unpaired) electrons. The van der Waals surface area contributed by atoms with Gasteiger partial charge in [-0.1, -0.05) is 85.0 Å². The van der Waals surface area contributed by atoms with Crippen molar-refractivity contribution in [2.24, 2.45) is 0 Å². The molecule has 2 aromatic carbocycles. The van der Waals surface area contributed by atoms with Gasteiger partial charge in [0.05, 0.1) is 34.0 Å². The summed E-state index contributed by atoms with van der Waals surface area (Å²) >= 11 is 20.0. The molecule has 0 bridgehead atoms. The van der Waals surface area contributed by atoms with Crippen LogP contribution in [0.1, 0.15) is 77.5 Å². The Morgan fingerprint density at radius 1 is 1.08 bits per heavy atom. The number of aromatic nitrogens is 2. The maximum atomic E-state index is 12.4. The number of nitrogens with zero attached hydrogens (tertiary/aromatic N) is 2. The van der Waals surface area contributed by atoms with E-state index in [1.54, 1.807) is 36.5 Å². The molecule has 0 saturated heterocycles. The molecular weight excluding hydrogens is 559 g/mol. The number of rotatable bonds is 8. The maximum Gasteiger partial charge on any atom is 0.339 e. The molecule has 1 aliphatic rings. The Balaban J connectivity index is 1.51. The van der Waals surface area contributed by atoms with Crippen LogP contribution in [0.4, 0.5) is 0 Å². The second kappa shape index (κ2) is 10.8. The largest absolute Gasteiger partial charge is 0.470 e. The van der Waals surface area contributed by atoms with Crippen LogP contribution in [0.2, 0.25) is 10.0 Å². The van der Waals surface area contributed by atoms with Gasteiger partial charge in [-0.05, 0) is 48.2 Å². The topological polar surface area (TPSA) is 74.5 Å². The monoisotopic (exact) mass is 584 g/mol. The highest BCUT2D eigenvalue weighted by Crippen LogP contribution is 2.62. The molecule has 0 aliphatic heterocycles. The van der Waals surface area contributed by atoms with Gasteiger partial charge < -0.3 is 14.0 Å². The number of carbonyl (C=O) groups is 1. The van der Waals surface area contributed by atoms with E-state index in [1.165, 1.54) is 7.11 Å². The van der Waals surface area contributed by atoms with Gasteiger partial charge in [-0.25, -0.2) is 4.79 Å². The van der Waals surface area contributed by atoms with Crippen LogP contribution in [0.3, 0.4) is 0 Å². The van der Waals surface area contributed by atoms with Gasteiger partial charge in [0.2, 0.25) is 5.56 Å². The van der Waals surface area contributed by atoms with Crippen LogP contribution in [0.15, 0.2) is 65.3 Å². The first kappa shape index (κ1) is 27.5. The van der Waals surface area contributed by atoms with Crippen molar-refractivity contribution in [1.82, 2.24) is 10.1 Å². The van der Waals surface area contributed by atoms with E-state index in [9.17, 15) is 4.79 Å². The van der Waals surface area contributed by atoms with E-state index in [2.05, 4.69) is 17.1 Å². The second-order valence-corrected chi connectivity index (χ2v) is 11.3. The number of alkyl halides is 1. The molecular formula is C30H27Cl3N2O4. The molecule has 202 valence electrons. The first-order chi connectivity index (χ1) is 18.7. The van der Waals surface area contributed by atoms with Crippen LogP contribution in [0.25, 0.3) is 11.3 Å².